The third kappa shape index (κ3) is 5.38. The summed E-state index contributed by atoms with van der Waals surface area (Å²) in [6.45, 7) is 2.94. The Morgan fingerprint density at radius 1 is 1.08 bits per heavy atom. The Morgan fingerprint density at radius 3 is 2.58 bits per heavy atom. The van der Waals surface area contributed by atoms with Crippen LogP contribution in [0.4, 0.5) is 0 Å². The second-order valence-corrected chi connectivity index (χ2v) is 9.79. The van der Waals surface area contributed by atoms with Crippen LogP contribution in [0.15, 0.2) is 71.4 Å². The number of imidazole rings is 1. The lowest BCUT2D eigenvalue weighted by Gasteiger charge is -2.07. The number of nitrogens with zero attached hydrogens (tertiary/aromatic N) is 4. The van der Waals surface area contributed by atoms with Gasteiger partial charge in [0.25, 0.3) is 0 Å². The van der Waals surface area contributed by atoms with E-state index >= 15 is 0 Å². The second-order valence-electron chi connectivity index (χ2n) is 8.08. The first-order valence-corrected chi connectivity index (χ1v) is 12.3. The first-order valence-electron chi connectivity index (χ1n) is 11.1. The number of hydrogen-bond donors (Lipinski definition) is 1. The van der Waals surface area contributed by atoms with Gasteiger partial charge >= 0.3 is 5.97 Å². The molecule has 0 radical (unpaired) electrons. The lowest BCUT2D eigenvalue weighted by atomic mass is 10.1. The summed E-state index contributed by atoms with van der Waals surface area (Å²) in [6.07, 6.45) is 1.95. The van der Waals surface area contributed by atoms with Gasteiger partial charge in [-0.3, -0.25) is 0 Å². The Labute approximate surface area is 215 Å². The minimum atomic E-state index is -0.950. The van der Waals surface area contributed by atoms with Crippen LogP contribution in [0.5, 0.6) is 0 Å². The number of benzene rings is 2. The fraction of sp³-hybridized carbons (Fsp3) is 0.154. The molecule has 0 spiro atoms. The monoisotopic (exact) mass is 520 g/mol. The minimum Gasteiger partial charge on any atom is -0.478 e. The normalized spacial score (nSPS) is 11.2. The molecule has 3 aromatic heterocycles. The van der Waals surface area contributed by atoms with Gasteiger partial charge in [0.1, 0.15) is 0 Å². The molecule has 0 aliphatic carbocycles. The molecule has 3 heterocycles. The molecule has 10 heteroatoms. The highest BCUT2D eigenvalue weighted by Gasteiger charge is 2.15. The van der Waals surface area contributed by atoms with Gasteiger partial charge < -0.3 is 18.9 Å². The number of hydrogen-bond acceptors (Lipinski definition) is 7. The quantitative estimate of drug-likeness (QED) is 0.251. The number of carbonyl (C=O) groups is 1. The predicted octanol–water partition coefficient (Wildman–Crippen LogP) is 6.09. The van der Waals surface area contributed by atoms with Gasteiger partial charge in [-0.25, -0.2) is 9.78 Å². The molecule has 182 valence electrons. The van der Waals surface area contributed by atoms with E-state index in [-0.39, 0.29) is 5.56 Å². The van der Waals surface area contributed by atoms with Crippen LogP contribution < -0.4 is 0 Å². The molecule has 5 rings (SSSR count). The van der Waals surface area contributed by atoms with Gasteiger partial charge in [0.05, 0.1) is 33.7 Å². The van der Waals surface area contributed by atoms with Crippen molar-refractivity contribution in [2.45, 2.75) is 26.7 Å². The Kier molecular flexibility index (Phi) is 6.95. The van der Waals surface area contributed by atoms with Crippen molar-refractivity contribution in [1.29, 1.82) is 0 Å². The number of carboxylic acid groups (broad SMARTS) is 1. The van der Waals surface area contributed by atoms with Crippen LogP contribution in [0.2, 0.25) is 4.34 Å². The lowest BCUT2D eigenvalue weighted by molar-refractivity contribution is 0.0697. The van der Waals surface area contributed by atoms with Crippen LogP contribution >= 0.6 is 22.9 Å². The number of aromatic carboxylic acids is 1. The molecule has 0 aliphatic rings. The van der Waals surface area contributed by atoms with Gasteiger partial charge in [-0.1, -0.05) is 53.2 Å². The van der Waals surface area contributed by atoms with Gasteiger partial charge in [0.15, 0.2) is 5.82 Å². The van der Waals surface area contributed by atoms with E-state index in [9.17, 15) is 4.79 Å². The van der Waals surface area contributed by atoms with Crippen molar-refractivity contribution in [3.8, 4) is 22.1 Å². The van der Waals surface area contributed by atoms with E-state index in [0.717, 1.165) is 33.1 Å². The van der Waals surface area contributed by atoms with Crippen molar-refractivity contribution in [3.05, 3.63) is 99.5 Å². The third-order valence-electron chi connectivity index (χ3n) is 5.47. The molecular weight excluding hydrogens is 500 g/mol. The summed E-state index contributed by atoms with van der Waals surface area (Å²) in [4.78, 5) is 21.2. The fourth-order valence-corrected chi connectivity index (χ4v) is 4.83. The van der Waals surface area contributed by atoms with E-state index in [1.807, 2.05) is 47.2 Å². The number of thiophene rings is 1. The van der Waals surface area contributed by atoms with Crippen molar-refractivity contribution in [3.63, 3.8) is 0 Å². The van der Waals surface area contributed by atoms with Crippen LogP contribution in [0.1, 0.15) is 33.1 Å². The summed E-state index contributed by atoms with van der Waals surface area (Å²) in [6, 6.07) is 18.4. The van der Waals surface area contributed by atoms with Crippen LogP contribution in [0.25, 0.3) is 22.1 Å². The molecule has 0 aliphatic heterocycles. The largest absolute Gasteiger partial charge is 0.478 e. The number of rotatable bonds is 9. The molecule has 36 heavy (non-hydrogen) atoms. The summed E-state index contributed by atoms with van der Waals surface area (Å²) in [5.41, 5.74) is 3.78. The second kappa shape index (κ2) is 10.4. The van der Waals surface area contributed by atoms with Crippen molar-refractivity contribution in [2.24, 2.45) is 0 Å². The van der Waals surface area contributed by atoms with Crippen molar-refractivity contribution in [1.82, 2.24) is 19.7 Å². The highest BCUT2D eigenvalue weighted by Crippen LogP contribution is 2.31. The van der Waals surface area contributed by atoms with E-state index in [4.69, 9.17) is 31.0 Å². The number of ether oxygens (including phenoxy) is 1. The molecule has 8 nitrogen and oxygen atoms in total. The highest BCUT2D eigenvalue weighted by atomic mass is 35.5. The molecular formula is C26H21ClN4O4S. The van der Waals surface area contributed by atoms with Gasteiger partial charge in [0.2, 0.25) is 11.7 Å². The zero-order valence-corrected chi connectivity index (χ0v) is 20.8. The highest BCUT2D eigenvalue weighted by molar-refractivity contribution is 7.19. The summed E-state index contributed by atoms with van der Waals surface area (Å²) in [7, 11) is 0. The number of aryl methyl sites for hydroxylation is 1. The first-order chi connectivity index (χ1) is 17.5. The Bertz CT molecular complexity index is 1510. The number of halogens is 1. The molecule has 0 atom stereocenters. The average Bonchev–Trinajstić information content (AvgIpc) is 3.60. The van der Waals surface area contributed by atoms with E-state index < -0.39 is 5.97 Å². The average molecular weight is 521 g/mol. The molecule has 0 fully saturated rings. The maximum atomic E-state index is 11.2. The van der Waals surface area contributed by atoms with Crippen molar-refractivity contribution >= 4 is 28.9 Å². The summed E-state index contributed by atoms with van der Waals surface area (Å²) >= 11 is 7.63. The molecule has 1 N–H and O–H groups in total. The summed E-state index contributed by atoms with van der Waals surface area (Å²) in [5.74, 6) is 0.857. The van der Waals surface area contributed by atoms with Crippen LogP contribution in [0, 0.1) is 6.92 Å². The zero-order valence-electron chi connectivity index (χ0n) is 19.2. The SMILES string of the molecule is Cc1nc(-c2ccccc2COCc2cn(Cc3ccc(C(=O)O)cc3)c(-c3ccc(Cl)s3)n2)no1. The maximum absolute atomic E-state index is 11.2. The summed E-state index contributed by atoms with van der Waals surface area (Å²) < 4.78 is 13.8. The van der Waals surface area contributed by atoms with E-state index in [1.54, 1.807) is 31.2 Å². The van der Waals surface area contributed by atoms with E-state index in [0.29, 0.717) is 35.8 Å². The molecule has 2 aromatic carbocycles. The maximum Gasteiger partial charge on any atom is 0.335 e. The number of carboxylic acids is 1. The molecule has 0 saturated heterocycles. The van der Waals surface area contributed by atoms with E-state index in [2.05, 4.69) is 10.1 Å². The minimum absolute atomic E-state index is 0.250. The smallest absolute Gasteiger partial charge is 0.335 e. The molecule has 0 amide bonds. The van der Waals surface area contributed by atoms with Gasteiger partial charge in [0, 0.05) is 25.2 Å². The van der Waals surface area contributed by atoms with Gasteiger partial charge in [-0.05, 0) is 35.4 Å². The molecule has 0 saturated carbocycles. The molecule has 5 aromatic rings. The zero-order chi connectivity index (χ0) is 25.1. The standard InChI is InChI=1S/C26H21ClN4O4S/c1-16-28-24(30-35-16)21-5-3-2-4-19(21)14-34-15-20-13-31(25(29-20)22-10-11-23(27)36-22)12-17-6-8-18(9-7-17)26(32)33/h2-11,13H,12,14-15H2,1H3,(H,32,33). The van der Waals surface area contributed by atoms with Crippen molar-refractivity contribution in [2.75, 3.05) is 0 Å². The van der Waals surface area contributed by atoms with Crippen molar-refractivity contribution < 1.29 is 19.2 Å². The fourth-order valence-electron chi connectivity index (χ4n) is 3.78. The Morgan fingerprint density at radius 2 is 1.89 bits per heavy atom. The van der Waals surface area contributed by atoms with Crippen LogP contribution in [-0.2, 0) is 24.5 Å². The lowest BCUT2D eigenvalue weighted by Crippen LogP contribution is -2.02. The third-order valence-corrected chi connectivity index (χ3v) is 6.69. The topological polar surface area (TPSA) is 103 Å². The van der Waals surface area contributed by atoms with Gasteiger partial charge in [-0.15, -0.1) is 11.3 Å². The van der Waals surface area contributed by atoms with Gasteiger partial charge in [-0.2, -0.15) is 4.98 Å². The predicted molar refractivity (Wildman–Crippen MR) is 136 cm³/mol. The van der Waals surface area contributed by atoms with Crippen LogP contribution in [0.3, 0.4) is 0 Å². The molecule has 0 unspecified atom stereocenters. The summed E-state index contributed by atoms with van der Waals surface area (Å²) in [5, 5.41) is 13.2. The first kappa shape index (κ1) is 23.9. The van der Waals surface area contributed by atoms with E-state index in [1.165, 1.54) is 11.3 Å². The molecule has 0 bridgehead atoms. The Balaban J connectivity index is 1.34. The van der Waals surface area contributed by atoms with Crippen LogP contribution in [-0.4, -0.2) is 30.8 Å². The Hall–Kier alpha value is -3.79. The number of aromatic nitrogens is 4.